The molecule has 1 aliphatic rings. The quantitative estimate of drug-likeness (QED) is 0.777. The van der Waals surface area contributed by atoms with Gasteiger partial charge in [0.05, 0.1) is 6.42 Å². The number of aliphatic carboxylic acids is 1. The molecule has 1 fully saturated rings. The lowest BCUT2D eigenvalue weighted by atomic mass is 10.3. The molecule has 2 N–H and O–H groups in total. The molecule has 0 saturated carbocycles. The molecular weight excluding hydrogens is 218 g/mol. The van der Waals surface area contributed by atoms with Gasteiger partial charge in [0.1, 0.15) is 0 Å². The number of carboxylic acid groups (broad SMARTS) is 1. The summed E-state index contributed by atoms with van der Waals surface area (Å²) in [6.45, 7) is 5.08. The Hall–Kier alpha value is -1.33. The summed E-state index contributed by atoms with van der Waals surface area (Å²) < 4.78 is 2.00. The molecule has 0 spiro atoms. The average molecular weight is 237 g/mol. The summed E-state index contributed by atoms with van der Waals surface area (Å²) in [5, 5.41) is 12.1. The highest BCUT2D eigenvalue weighted by Crippen LogP contribution is 2.11. The highest BCUT2D eigenvalue weighted by Gasteiger charge is 2.13. The van der Waals surface area contributed by atoms with Gasteiger partial charge in [0, 0.05) is 51.2 Å². The van der Waals surface area contributed by atoms with E-state index in [2.05, 4.69) is 10.2 Å². The van der Waals surface area contributed by atoms with E-state index >= 15 is 0 Å². The molecule has 1 aromatic rings. The van der Waals surface area contributed by atoms with Gasteiger partial charge >= 0.3 is 5.97 Å². The van der Waals surface area contributed by atoms with Crippen molar-refractivity contribution in [2.45, 2.75) is 13.0 Å². The number of aromatic nitrogens is 1. The summed E-state index contributed by atoms with van der Waals surface area (Å²) in [5.74, 6) is -0.778. The maximum atomic E-state index is 10.7. The fraction of sp³-hybridized carbons (Fsp3) is 0.583. The number of rotatable bonds is 4. The zero-order valence-corrected chi connectivity index (χ0v) is 10.1. The second kappa shape index (κ2) is 5.33. The number of carboxylic acids is 1. The van der Waals surface area contributed by atoms with Crippen LogP contribution in [0.3, 0.4) is 0 Å². The Kier molecular flexibility index (Phi) is 3.81. The largest absolute Gasteiger partial charge is 0.481 e. The Bertz CT molecular complexity index is 394. The zero-order valence-electron chi connectivity index (χ0n) is 10.1. The Labute approximate surface area is 101 Å². The molecule has 94 valence electrons. The van der Waals surface area contributed by atoms with Crippen molar-refractivity contribution in [3.8, 4) is 0 Å². The predicted molar refractivity (Wildman–Crippen MR) is 64.9 cm³/mol. The van der Waals surface area contributed by atoms with Crippen molar-refractivity contribution in [1.82, 2.24) is 14.8 Å². The van der Waals surface area contributed by atoms with Crippen LogP contribution in [-0.2, 0) is 24.8 Å². The Balaban J connectivity index is 2.00. The molecule has 0 aromatic carbocycles. The lowest BCUT2D eigenvalue weighted by Gasteiger charge is -2.27. The molecule has 0 aliphatic carbocycles. The topological polar surface area (TPSA) is 57.5 Å². The fourth-order valence-corrected chi connectivity index (χ4v) is 2.19. The molecule has 0 unspecified atom stereocenters. The van der Waals surface area contributed by atoms with E-state index in [9.17, 15) is 4.79 Å². The van der Waals surface area contributed by atoms with Gasteiger partial charge in [-0.15, -0.1) is 0 Å². The van der Waals surface area contributed by atoms with E-state index in [0.29, 0.717) is 0 Å². The van der Waals surface area contributed by atoms with Gasteiger partial charge < -0.3 is 15.0 Å². The molecule has 2 heterocycles. The predicted octanol–water partition coefficient (Wildman–Crippen LogP) is 0.0574. The molecule has 0 amide bonds. The van der Waals surface area contributed by atoms with Crippen LogP contribution in [0.4, 0.5) is 0 Å². The van der Waals surface area contributed by atoms with Gasteiger partial charge in [-0.2, -0.15) is 0 Å². The summed E-state index contributed by atoms with van der Waals surface area (Å²) >= 11 is 0. The number of hydrogen-bond donors (Lipinski definition) is 2. The second-order valence-corrected chi connectivity index (χ2v) is 4.47. The van der Waals surface area contributed by atoms with E-state index in [1.807, 2.05) is 23.7 Å². The molecule has 17 heavy (non-hydrogen) atoms. The van der Waals surface area contributed by atoms with Crippen LogP contribution < -0.4 is 5.32 Å². The lowest BCUT2D eigenvalue weighted by molar-refractivity contribution is -0.136. The van der Waals surface area contributed by atoms with Crippen LogP contribution in [0.15, 0.2) is 12.1 Å². The maximum Gasteiger partial charge on any atom is 0.309 e. The van der Waals surface area contributed by atoms with Crippen LogP contribution in [0.1, 0.15) is 11.4 Å². The van der Waals surface area contributed by atoms with Crippen molar-refractivity contribution in [2.75, 3.05) is 26.2 Å². The first-order chi connectivity index (χ1) is 8.16. The van der Waals surface area contributed by atoms with E-state index in [-0.39, 0.29) is 6.42 Å². The summed E-state index contributed by atoms with van der Waals surface area (Å²) in [4.78, 5) is 13.1. The first-order valence-electron chi connectivity index (χ1n) is 5.95. The smallest absolute Gasteiger partial charge is 0.309 e. The van der Waals surface area contributed by atoms with E-state index in [0.717, 1.165) is 38.4 Å². The fourth-order valence-electron chi connectivity index (χ4n) is 2.19. The van der Waals surface area contributed by atoms with Crippen LogP contribution in [0.2, 0.25) is 0 Å². The Morgan fingerprint density at radius 2 is 2.00 bits per heavy atom. The Morgan fingerprint density at radius 1 is 1.35 bits per heavy atom. The minimum absolute atomic E-state index is 0.0953. The van der Waals surface area contributed by atoms with E-state index < -0.39 is 5.97 Å². The van der Waals surface area contributed by atoms with Crippen molar-refractivity contribution in [3.05, 3.63) is 23.5 Å². The van der Waals surface area contributed by atoms with Crippen molar-refractivity contribution in [2.24, 2.45) is 7.05 Å². The third-order valence-electron chi connectivity index (χ3n) is 3.26. The minimum atomic E-state index is -0.778. The van der Waals surface area contributed by atoms with Crippen LogP contribution >= 0.6 is 0 Å². The van der Waals surface area contributed by atoms with Gasteiger partial charge in [-0.1, -0.05) is 0 Å². The van der Waals surface area contributed by atoms with E-state index in [4.69, 9.17) is 5.11 Å². The summed E-state index contributed by atoms with van der Waals surface area (Å²) in [7, 11) is 1.94. The van der Waals surface area contributed by atoms with E-state index in [1.54, 1.807) is 0 Å². The summed E-state index contributed by atoms with van der Waals surface area (Å²) in [6.07, 6.45) is 0.0953. The van der Waals surface area contributed by atoms with Crippen molar-refractivity contribution < 1.29 is 9.90 Å². The third-order valence-corrected chi connectivity index (χ3v) is 3.26. The SMILES string of the molecule is Cn1c(CC(=O)O)ccc1CN1CCNCC1. The molecule has 0 atom stereocenters. The molecule has 1 aliphatic heterocycles. The monoisotopic (exact) mass is 237 g/mol. The van der Waals surface area contributed by atoms with Gasteiger partial charge in [-0.3, -0.25) is 9.69 Å². The van der Waals surface area contributed by atoms with Crippen LogP contribution in [0.5, 0.6) is 0 Å². The van der Waals surface area contributed by atoms with Crippen LogP contribution in [-0.4, -0.2) is 46.7 Å². The molecular formula is C12H19N3O2. The van der Waals surface area contributed by atoms with Crippen molar-refractivity contribution in [1.29, 1.82) is 0 Å². The van der Waals surface area contributed by atoms with Gasteiger partial charge in [-0.25, -0.2) is 0 Å². The van der Waals surface area contributed by atoms with E-state index in [1.165, 1.54) is 5.69 Å². The summed E-state index contributed by atoms with van der Waals surface area (Å²) in [5.41, 5.74) is 2.05. The molecule has 0 radical (unpaired) electrons. The van der Waals surface area contributed by atoms with Crippen molar-refractivity contribution >= 4 is 5.97 Å². The first kappa shape index (κ1) is 12.1. The minimum Gasteiger partial charge on any atom is -0.481 e. The average Bonchev–Trinajstić information content (AvgIpc) is 2.62. The van der Waals surface area contributed by atoms with Gasteiger partial charge in [-0.05, 0) is 12.1 Å². The normalized spacial score (nSPS) is 17.2. The molecule has 2 rings (SSSR count). The number of nitrogens with zero attached hydrogens (tertiary/aromatic N) is 2. The highest BCUT2D eigenvalue weighted by atomic mass is 16.4. The number of carbonyl (C=O) groups is 1. The number of nitrogens with one attached hydrogen (secondary N) is 1. The summed E-state index contributed by atoms with van der Waals surface area (Å²) in [6, 6.07) is 3.94. The molecule has 1 aromatic heterocycles. The highest BCUT2D eigenvalue weighted by molar-refractivity contribution is 5.69. The third kappa shape index (κ3) is 3.08. The molecule has 0 bridgehead atoms. The number of hydrogen-bond acceptors (Lipinski definition) is 3. The lowest BCUT2D eigenvalue weighted by Crippen LogP contribution is -2.43. The molecule has 5 nitrogen and oxygen atoms in total. The van der Waals surface area contributed by atoms with Crippen LogP contribution in [0, 0.1) is 0 Å². The van der Waals surface area contributed by atoms with Gasteiger partial charge in [0.15, 0.2) is 0 Å². The maximum absolute atomic E-state index is 10.7. The van der Waals surface area contributed by atoms with Gasteiger partial charge in [0.25, 0.3) is 0 Å². The second-order valence-electron chi connectivity index (χ2n) is 4.47. The van der Waals surface area contributed by atoms with Gasteiger partial charge in [0.2, 0.25) is 0 Å². The Morgan fingerprint density at radius 3 is 2.65 bits per heavy atom. The first-order valence-corrected chi connectivity index (χ1v) is 5.95. The van der Waals surface area contributed by atoms with Crippen molar-refractivity contribution in [3.63, 3.8) is 0 Å². The number of piperazine rings is 1. The standard InChI is InChI=1S/C12H19N3O2/c1-14-10(8-12(16)17)2-3-11(14)9-15-6-4-13-5-7-15/h2-3,13H,4-9H2,1H3,(H,16,17). The molecule has 5 heteroatoms. The molecule has 1 saturated heterocycles. The van der Waals surface area contributed by atoms with Crippen LogP contribution in [0.25, 0.3) is 0 Å². The zero-order chi connectivity index (χ0) is 12.3.